The lowest BCUT2D eigenvalue weighted by Gasteiger charge is -2.23. The molecule has 124 valence electrons. The second-order valence-electron chi connectivity index (χ2n) is 6.40. The van der Waals surface area contributed by atoms with Gasteiger partial charge < -0.3 is 10.2 Å². The minimum atomic E-state index is -0.863. The summed E-state index contributed by atoms with van der Waals surface area (Å²) in [5.74, 6) is -0.242. The van der Waals surface area contributed by atoms with Gasteiger partial charge in [0.05, 0.1) is 0 Å². The molecule has 0 unspecified atom stereocenters. The van der Waals surface area contributed by atoms with Crippen molar-refractivity contribution in [3.05, 3.63) is 71.8 Å². The van der Waals surface area contributed by atoms with E-state index in [0.29, 0.717) is 25.9 Å². The predicted molar refractivity (Wildman–Crippen MR) is 92.9 cm³/mol. The van der Waals surface area contributed by atoms with E-state index < -0.39 is 5.41 Å². The van der Waals surface area contributed by atoms with Gasteiger partial charge in [0.25, 0.3) is 0 Å². The van der Waals surface area contributed by atoms with E-state index in [1.54, 1.807) is 11.9 Å². The van der Waals surface area contributed by atoms with E-state index in [1.165, 1.54) is 0 Å². The number of nitrogens with zero attached hydrogens (tertiary/aromatic N) is 1. The lowest BCUT2D eigenvalue weighted by Crippen LogP contribution is -2.43. The highest BCUT2D eigenvalue weighted by atomic mass is 16.2. The summed E-state index contributed by atoms with van der Waals surface area (Å²) in [5.41, 5.74) is 1.23. The van der Waals surface area contributed by atoms with Crippen LogP contribution in [0.3, 0.4) is 0 Å². The fourth-order valence-corrected chi connectivity index (χ4v) is 2.90. The quantitative estimate of drug-likeness (QED) is 0.831. The van der Waals surface area contributed by atoms with Gasteiger partial charge in [-0.1, -0.05) is 60.7 Å². The molecule has 1 aliphatic rings. The van der Waals surface area contributed by atoms with E-state index in [1.807, 2.05) is 60.7 Å². The van der Waals surface area contributed by atoms with Crippen molar-refractivity contribution in [1.82, 2.24) is 10.2 Å². The largest absolute Gasteiger partial charge is 0.351 e. The third-order valence-electron chi connectivity index (χ3n) is 4.50. The number of amides is 2. The van der Waals surface area contributed by atoms with Crippen LogP contribution in [-0.2, 0) is 22.7 Å². The molecule has 0 aromatic heterocycles. The molecule has 1 N–H and O–H groups in total. The van der Waals surface area contributed by atoms with Crippen molar-refractivity contribution >= 4 is 11.8 Å². The molecule has 0 heterocycles. The van der Waals surface area contributed by atoms with Crippen molar-refractivity contribution < 1.29 is 9.59 Å². The zero-order chi connectivity index (χ0) is 17.0. The SMILES string of the molecule is CN(Cc1ccccc1)C(=O)C1(C(=O)NCc2ccccc2)CC1. The third kappa shape index (κ3) is 3.48. The van der Waals surface area contributed by atoms with E-state index in [0.717, 1.165) is 11.1 Å². The summed E-state index contributed by atoms with van der Waals surface area (Å²) in [6.07, 6.45) is 1.26. The number of carbonyl (C=O) groups excluding carboxylic acids is 2. The van der Waals surface area contributed by atoms with Crippen LogP contribution in [0.4, 0.5) is 0 Å². The highest BCUT2D eigenvalue weighted by molar-refractivity contribution is 6.07. The number of hydrogen-bond donors (Lipinski definition) is 1. The molecule has 1 saturated carbocycles. The number of nitrogens with one attached hydrogen (secondary N) is 1. The molecule has 1 fully saturated rings. The maximum absolute atomic E-state index is 12.7. The maximum Gasteiger partial charge on any atom is 0.238 e. The number of hydrogen-bond acceptors (Lipinski definition) is 2. The fraction of sp³-hybridized carbons (Fsp3) is 0.300. The topological polar surface area (TPSA) is 49.4 Å². The monoisotopic (exact) mass is 322 g/mol. The van der Waals surface area contributed by atoms with E-state index in [9.17, 15) is 9.59 Å². The summed E-state index contributed by atoms with van der Waals surface area (Å²) >= 11 is 0. The Bertz CT molecular complexity index is 709. The Morgan fingerprint density at radius 2 is 1.50 bits per heavy atom. The van der Waals surface area contributed by atoms with Crippen molar-refractivity contribution in [2.75, 3.05) is 7.05 Å². The molecule has 2 aromatic carbocycles. The van der Waals surface area contributed by atoms with Crippen LogP contribution in [0, 0.1) is 5.41 Å². The van der Waals surface area contributed by atoms with Crippen molar-refractivity contribution in [2.24, 2.45) is 5.41 Å². The second kappa shape index (κ2) is 6.87. The summed E-state index contributed by atoms with van der Waals surface area (Å²) in [7, 11) is 1.76. The first-order valence-electron chi connectivity index (χ1n) is 8.23. The van der Waals surface area contributed by atoms with Crippen molar-refractivity contribution in [2.45, 2.75) is 25.9 Å². The Hall–Kier alpha value is -2.62. The smallest absolute Gasteiger partial charge is 0.238 e. The van der Waals surface area contributed by atoms with Gasteiger partial charge in [0.2, 0.25) is 11.8 Å². The fourth-order valence-electron chi connectivity index (χ4n) is 2.90. The molecule has 0 saturated heterocycles. The molecule has 0 aliphatic heterocycles. The minimum Gasteiger partial charge on any atom is -0.351 e. The molecule has 2 amide bonds. The van der Waals surface area contributed by atoms with Crippen LogP contribution in [0.1, 0.15) is 24.0 Å². The van der Waals surface area contributed by atoms with Gasteiger partial charge in [-0.15, -0.1) is 0 Å². The van der Waals surface area contributed by atoms with Gasteiger partial charge >= 0.3 is 0 Å². The van der Waals surface area contributed by atoms with Gasteiger partial charge in [-0.2, -0.15) is 0 Å². The van der Waals surface area contributed by atoms with Gasteiger partial charge in [-0.25, -0.2) is 0 Å². The molecule has 1 aliphatic carbocycles. The maximum atomic E-state index is 12.7. The standard InChI is InChI=1S/C20H22N2O2/c1-22(15-17-10-6-3-7-11-17)19(24)20(12-13-20)18(23)21-14-16-8-4-2-5-9-16/h2-11H,12-15H2,1H3,(H,21,23). The lowest BCUT2D eigenvalue weighted by atomic mass is 10.0. The average molecular weight is 322 g/mol. The van der Waals surface area contributed by atoms with Crippen LogP contribution in [-0.4, -0.2) is 23.8 Å². The van der Waals surface area contributed by atoms with E-state index in [-0.39, 0.29) is 11.8 Å². The normalized spacial score (nSPS) is 14.7. The van der Waals surface area contributed by atoms with Crippen LogP contribution in [0.2, 0.25) is 0 Å². The molecule has 4 nitrogen and oxygen atoms in total. The molecule has 0 bridgehead atoms. The number of benzene rings is 2. The van der Waals surface area contributed by atoms with Gasteiger partial charge in [0, 0.05) is 20.1 Å². The number of carbonyl (C=O) groups is 2. The van der Waals surface area contributed by atoms with Crippen molar-refractivity contribution in [1.29, 1.82) is 0 Å². The van der Waals surface area contributed by atoms with Crippen LogP contribution in [0.5, 0.6) is 0 Å². The molecule has 4 heteroatoms. The van der Waals surface area contributed by atoms with Crippen LogP contribution < -0.4 is 5.32 Å². The summed E-state index contributed by atoms with van der Waals surface area (Å²) < 4.78 is 0. The van der Waals surface area contributed by atoms with Crippen LogP contribution in [0.15, 0.2) is 60.7 Å². The highest BCUT2D eigenvalue weighted by Gasteiger charge is 2.57. The Balaban J connectivity index is 1.60. The number of rotatable bonds is 6. The summed E-state index contributed by atoms with van der Waals surface area (Å²) in [6.45, 7) is 0.977. The van der Waals surface area contributed by atoms with E-state index >= 15 is 0 Å². The molecule has 2 aromatic rings. The van der Waals surface area contributed by atoms with E-state index in [2.05, 4.69) is 5.32 Å². The first-order valence-corrected chi connectivity index (χ1v) is 8.23. The predicted octanol–water partition coefficient (Wildman–Crippen LogP) is 2.74. The van der Waals surface area contributed by atoms with Crippen LogP contribution >= 0.6 is 0 Å². The van der Waals surface area contributed by atoms with Crippen molar-refractivity contribution in [3.8, 4) is 0 Å². The summed E-state index contributed by atoms with van der Waals surface area (Å²) in [4.78, 5) is 26.9. The molecule has 0 spiro atoms. The Morgan fingerprint density at radius 3 is 2.04 bits per heavy atom. The lowest BCUT2D eigenvalue weighted by molar-refractivity contribution is -0.143. The molecule has 0 radical (unpaired) electrons. The molecule has 3 rings (SSSR count). The summed E-state index contributed by atoms with van der Waals surface area (Å²) in [6, 6.07) is 19.6. The Labute approximate surface area is 142 Å². The Morgan fingerprint density at radius 1 is 0.958 bits per heavy atom. The minimum absolute atomic E-state index is 0.0862. The van der Waals surface area contributed by atoms with Crippen molar-refractivity contribution in [3.63, 3.8) is 0 Å². The third-order valence-corrected chi connectivity index (χ3v) is 4.50. The first-order chi connectivity index (χ1) is 11.6. The highest BCUT2D eigenvalue weighted by Crippen LogP contribution is 2.47. The average Bonchev–Trinajstić information content (AvgIpc) is 3.42. The van der Waals surface area contributed by atoms with Gasteiger partial charge in [-0.3, -0.25) is 9.59 Å². The molecular weight excluding hydrogens is 300 g/mol. The second-order valence-corrected chi connectivity index (χ2v) is 6.40. The van der Waals surface area contributed by atoms with Gasteiger partial charge in [0.1, 0.15) is 5.41 Å². The van der Waals surface area contributed by atoms with E-state index in [4.69, 9.17) is 0 Å². The zero-order valence-electron chi connectivity index (χ0n) is 13.9. The molecular formula is C20H22N2O2. The molecule has 0 atom stereocenters. The first kappa shape index (κ1) is 16.2. The molecule has 24 heavy (non-hydrogen) atoms. The summed E-state index contributed by atoms with van der Waals surface area (Å²) in [5, 5.41) is 2.91. The van der Waals surface area contributed by atoms with Crippen LogP contribution in [0.25, 0.3) is 0 Å². The zero-order valence-corrected chi connectivity index (χ0v) is 13.9. The Kier molecular flexibility index (Phi) is 4.65. The van der Waals surface area contributed by atoms with Gasteiger partial charge in [0.15, 0.2) is 0 Å². The van der Waals surface area contributed by atoms with Gasteiger partial charge in [-0.05, 0) is 24.0 Å².